The summed E-state index contributed by atoms with van der Waals surface area (Å²) in [4.78, 5) is 4.76. The number of rotatable bonds is 6. The van der Waals surface area contributed by atoms with Gasteiger partial charge in [-0.1, -0.05) is 30.3 Å². The predicted molar refractivity (Wildman–Crippen MR) is 106 cm³/mol. The standard InChI is InChI=1S/C21H12F5NOS2/c22-15-8-13(9-16(23)19(15)24)28-21(25,26)20-27-17-7-6-14(10-18(17)30-20)29-11-12-4-2-1-3-5-12/h1-10H,11H2. The fourth-order valence-electron chi connectivity index (χ4n) is 2.64. The van der Waals surface area contributed by atoms with Gasteiger partial charge >= 0.3 is 6.11 Å². The molecule has 0 aliphatic rings. The number of thioether (sulfide) groups is 1. The van der Waals surface area contributed by atoms with Crippen molar-refractivity contribution in [1.82, 2.24) is 4.98 Å². The predicted octanol–water partition coefficient (Wildman–Crippen LogP) is 7.13. The quantitative estimate of drug-likeness (QED) is 0.176. The number of ether oxygens (including phenoxy) is 1. The molecule has 0 atom stereocenters. The van der Waals surface area contributed by atoms with Crippen LogP contribution >= 0.6 is 23.1 Å². The Morgan fingerprint density at radius 1 is 0.933 bits per heavy atom. The van der Waals surface area contributed by atoms with Crippen molar-refractivity contribution in [3.05, 3.63) is 88.7 Å². The second-order valence-corrected chi connectivity index (χ2v) is 8.32. The van der Waals surface area contributed by atoms with Crippen LogP contribution in [-0.2, 0) is 11.9 Å². The zero-order chi connectivity index (χ0) is 21.3. The molecule has 9 heteroatoms. The summed E-state index contributed by atoms with van der Waals surface area (Å²) in [5.41, 5.74) is 1.48. The van der Waals surface area contributed by atoms with Crippen LogP contribution in [0.5, 0.6) is 5.75 Å². The fourth-order valence-corrected chi connectivity index (χ4v) is 4.53. The molecule has 1 heterocycles. The molecular weight excluding hydrogens is 441 g/mol. The summed E-state index contributed by atoms with van der Waals surface area (Å²) in [5.74, 6) is -5.12. The van der Waals surface area contributed by atoms with Gasteiger partial charge in [-0.3, -0.25) is 0 Å². The normalized spacial score (nSPS) is 11.8. The van der Waals surface area contributed by atoms with Gasteiger partial charge in [-0.05, 0) is 23.8 Å². The van der Waals surface area contributed by atoms with Crippen molar-refractivity contribution in [2.24, 2.45) is 0 Å². The number of halogens is 5. The maximum atomic E-state index is 14.5. The Kier molecular flexibility index (Phi) is 5.66. The Morgan fingerprint density at radius 3 is 2.33 bits per heavy atom. The van der Waals surface area contributed by atoms with Gasteiger partial charge in [0.15, 0.2) is 17.5 Å². The highest BCUT2D eigenvalue weighted by molar-refractivity contribution is 7.98. The molecule has 4 aromatic rings. The molecule has 0 radical (unpaired) electrons. The first-order valence-electron chi connectivity index (χ1n) is 8.61. The molecule has 0 N–H and O–H groups in total. The van der Waals surface area contributed by atoms with E-state index in [1.165, 1.54) is 0 Å². The molecule has 0 saturated heterocycles. The van der Waals surface area contributed by atoms with Gasteiger partial charge in [0.1, 0.15) is 5.75 Å². The Morgan fingerprint density at radius 2 is 1.63 bits per heavy atom. The Hall–Kier alpha value is -2.65. The summed E-state index contributed by atoms with van der Waals surface area (Å²) in [6.45, 7) is 0. The monoisotopic (exact) mass is 453 g/mol. The van der Waals surface area contributed by atoms with Gasteiger partial charge in [0.2, 0.25) is 5.01 Å². The number of nitrogens with zero attached hydrogens (tertiary/aromatic N) is 1. The van der Waals surface area contributed by atoms with Crippen molar-refractivity contribution in [2.45, 2.75) is 16.8 Å². The maximum absolute atomic E-state index is 14.5. The lowest BCUT2D eigenvalue weighted by molar-refractivity contribution is -0.185. The number of fused-ring (bicyclic) bond motifs is 1. The summed E-state index contributed by atoms with van der Waals surface area (Å²) in [5, 5.41) is -0.673. The van der Waals surface area contributed by atoms with E-state index in [9.17, 15) is 22.0 Å². The highest BCUT2D eigenvalue weighted by Gasteiger charge is 2.39. The number of alkyl halides is 2. The van der Waals surface area contributed by atoms with E-state index >= 15 is 0 Å². The van der Waals surface area contributed by atoms with E-state index in [-0.39, 0.29) is 0 Å². The lowest BCUT2D eigenvalue weighted by Gasteiger charge is -2.15. The minimum absolute atomic E-state index is 0.346. The van der Waals surface area contributed by atoms with Crippen LogP contribution in [0, 0.1) is 17.5 Å². The smallest absolute Gasteiger partial charge is 0.427 e. The Bertz CT molecular complexity index is 1170. The third kappa shape index (κ3) is 4.41. The van der Waals surface area contributed by atoms with Crippen LogP contribution in [0.3, 0.4) is 0 Å². The van der Waals surface area contributed by atoms with E-state index in [4.69, 9.17) is 0 Å². The van der Waals surface area contributed by atoms with Crippen LogP contribution < -0.4 is 4.74 Å². The van der Waals surface area contributed by atoms with Crippen molar-refractivity contribution in [2.75, 3.05) is 0 Å². The lowest BCUT2D eigenvalue weighted by Crippen LogP contribution is -2.21. The first-order valence-corrected chi connectivity index (χ1v) is 10.4. The van der Waals surface area contributed by atoms with Gasteiger partial charge < -0.3 is 4.74 Å². The molecule has 0 spiro atoms. The van der Waals surface area contributed by atoms with Gasteiger partial charge in [-0.15, -0.1) is 23.1 Å². The molecule has 0 saturated carbocycles. The first kappa shape index (κ1) is 20.6. The highest BCUT2D eigenvalue weighted by atomic mass is 32.2. The zero-order valence-corrected chi connectivity index (χ0v) is 16.7. The van der Waals surface area contributed by atoms with Crippen molar-refractivity contribution in [3.63, 3.8) is 0 Å². The van der Waals surface area contributed by atoms with E-state index in [1.807, 2.05) is 30.3 Å². The number of aromatic nitrogens is 1. The molecule has 0 unspecified atom stereocenters. The minimum Gasteiger partial charge on any atom is -0.427 e. The second-order valence-electron chi connectivity index (χ2n) is 6.24. The van der Waals surface area contributed by atoms with E-state index in [0.717, 1.165) is 16.2 Å². The summed E-state index contributed by atoms with van der Waals surface area (Å²) in [6, 6.07) is 15.7. The topological polar surface area (TPSA) is 22.1 Å². The van der Waals surface area contributed by atoms with Crippen LogP contribution in [-0.4, -0.2) is 4.98 Å². The third-order valence-corrected chi connectivity index (χ3v) is 6.19. The molecule has 0 fully saturated rings. The van der Waals surface area contributed by atoms with Crippen molar-refractivity contribution in [3.8, 4) is 5.75 Å². The first-order chi connectivity index (χ1) is 14.3. The number of hydrogen-bond donors (Lipinski definition) is 0. The SMILES string of the molecule is Fc1cc(OC(F)(F)c2nc3ccc(SCc4ccccc4)cc3s2)cc(F)c1F. The Balaban J connectivity index is 1.55. The van der Waals surface area contributed by atoms with E-state index in [0.29, 0.717) is 33.7 Å². The van der Waals surface area contributed by atoms with Crippen LogP contribution in [0.15, 0.2) is 65.6 Å². The molecular formula is C21H12F5NOS2. The molecule has 1 aromatic heterocycles. The molecule has 0 amide bonds. The van der Waals surface area contributed by atoms with Crippen molar-refractivity contribution < 1.29 is 26.7 Å². The third-order valence-electron chi connectivity index (χ3n) is 4.06. The van der Waals surface area contributed by atoms with Gasteiger partial charge in [0.05, 0.1) is 10.2 Å². The molecule has 4 rings (SSSR count). The van der Waals surface area contributed by atoms with Crippen LogP contribution in [0.4, 0.5) is 22.0 Å². The maximum Gasteiger partial charge on any atom is 0.454 e. The van der Waals surface area contributed by atoms with Gasteiger partial charge in [0.25, 0.3) is 0 Å². The largest absolute Gasteiger partial charge is 0.454 e. The molecule has 154 valence electrons. The van der Waals surface area contributed by atoms with E-state index < -0.39 is 34.3 Å². The molecule has 3 aromatic carbocycles. The summed E-state index contributed by atoms with van der Waals surface area (Å²) in [7, 11) is 0. The minimum atomic E-state index is -3.95. The van der Waals surface area contributed by atoms with Crippen LogP contribution in [0.25, 0.3) is 10.2 Å². The summed E-state index contributed by atoms with van der Waals surface area (Å²) >= 11 is 2.26. The molecule has 0 aliphatic carbocycles. The lowest BCUT2D eigenvalue weighted by atomic mass is 10.2. The highest BCUT2D eigenvalue weighted by Crippen LogP contribution is 2.38. The summed E-state index contributed by atoms with van der Waals surface area (Å²) in [6.07, 6.45) is -3.95. The van der Waals surface area contributed by atoms with Crippen LogP contribution in [0.2, 0.25) is 0 Å². The van der Waals surface area contributed by atoms with Gasteiger partial charge in [-0.25, -0.2) is 18.2 Å². The molecule has 30 heavy (non-hydrogen) atoms. The second kappa shape index (κ2) is 8.23. The van der Waals surface area contributed by atoms with Crippen LogP contribution in [0.1, 0.15) is 10.6 Å². The summed E-state index contributed by atoms with van der Waals surface area (Å²) < 4.78 is 73.5. The molecule has 0 bridgehead atoms. The number of hydrogen-bond acceptors (Lipinski definition) is 4. The average Bonchev–Trinajstić information content (AvgIpc) is 3.15. The molecule has 0 aliphatic heterocycles. The molecule has 2 nitrogen and oxygen atoms in total. The van der Waals surface area contributed by atoms with Gasteiger partial charge in [0, 0.05) is 22.8 Å². The van der Waals surface area contributed by atoms with Crippen molar-refractivity contribution in [1.29, 1.82) is 0 Å². The fraction of sp³-hybridized carbons (Fsp3) is 0.0952. The average molecular weight is 453 g/mol. The van der Waals surface area contributed by atoms with E-state index in [2.05, 4.69) is 9.72 Å². The van der Waals surface area contributed by atoms with Gasteiger partial charge in [-0.2, -0.15) is 8.78 Å². The zero-order valence-electron chi connectivity index (χ0n) is 15.0. The number of thiazole rings is 1. The Labute approximate surface area is 176 Å². The number of benzene rings is 3. The van der Waals surface area contributed by atoms with Crippen molar-refractivity contribution >= 4 is 33.3 Å². The van der Waals surface area contributed by atoms with E-state index in [1.54, 1.807) is 30.0 Å².